The maximum atomic E-state index is 11.4. The van der Waals surface area contributed by atoms with Crippen LogP contribution < -0.4 is 5.32 Å². The summed E-state index contributed by atoms with van der Waals surface area (Å²) in [6.45, 7) is 2.75. The Hall–Kier alpha value is -1.07. The molecule has 1 N–H and O–H groups in total. The molecule has 0 saturated heterocycles. The van der Waals surface area contributed by atoms with Gasteiger partial charge >= 0.3 is 0 Å². The van der Waals surface area contributed by atoms with Gasteiger partial charge < -0.3 is 10.1 Å². The highest BCUT2D eigenvalue weighted by Gasteiger charge is 2.29. The molecule has 18 heavy (non-hydrogen) atoms. The zero-order valence-electron chi connectivity index (χ0n) is 10.7. The van der Waals surface area contributed by atoms with Crippen LogP contribution in [0.1, 0.15) is 19.8 Å². The van der Waals surface area contributed by atoms with Gasteiger partial charge in [-0.3, -0.25) is 0 Å². The van der Waals surface area contributed by atoms with E-state index in [1.807, 2.05) is 13.0 Å². The van der Waals surface area contributed by atoms with Gasteiger partial charge in [0, 0.05) is 24.6 Å². The Balaban J connectivity index is 1.95. The summed E-state index contributed by atoms with van der Waals surface area (Å²) >= 11 is 0. The van der Waals surface area contributed by atoms with E-state index in [1.54, 1.807) is 18.2 Å². The predicted octanol–water partition coefficient (Wildman–Crippen LogP) is 2.07. The number of benzene rings is 1. The molecule has 1 saturated carbocycles. The van der Waals surface area contributed by atoms with E-state index >= 15 is 0 Å². The SMILES string of the molecule is CCOC1CC(Nc2cccc(S(C)(=O)=O)c2)C1. The number of hydrogen-bond donors (Lipinski definition) is 1. The molecule has 1 fully saturated rings. The molecule has 0 bridgehead atoms. The van der Waals surface area contributed by atoms with Crippen molar-refractivity contribution in [3.8, 4) is 0 Å². The number of nitrogens with one attached hydrogen (secondary N) is 1. The Labute approximate surface area is 108 Å². The van der Waals surface area contributed by atoms with Crippen molar-refractivity contribution in [3.05, 3.63) is 24.3 Å². The summed E-state index contributed by atoms with van der Waals surface area (Å²) in [6, 6.07) is 7.34. The second kappa shape index (κ2) is 5.28. The standard InChI is InChI=1S/C13H19NO3S/c1-3-17-12-7-11(8-12)14-10-5-4-6-13(9-10)18(2,15)16/h4-6,9,11-12,14H,3,7-8H2,1-2H3. The number of ether oxygens (including phenoxy) is 1. The fraction of sp³-hybridized carbons (Fsp3) is 0.538. The van der Waals surface area contributed by atoms with Crippen LogP contribution in [0.2, 0.25) is 0 Å². The summed E-state index contributed by atoms with van der Waals surface area (Å²) < 4.78 is 28.4. The highest BCUT2D eigenvalue weighted by molar-refractivity contribution is 7.90. The molecule has 1 aliphatic carbocycles. The van der Waals surface area contributed by atoms with E-state index in [1.165, 1.54) is 6.26 Å². The zero-order valence-corrected chi connectivity index (χ0v) is 11.5. The van der Waals surface area contributed by atoms with Crippen LogP contribution in [-0.2, 0) is 14.6 Å². The number of anilines is 1. The first-order valence-corrected chi connectivity index (χ1v) is 8.06. The second-order valence-corrected chi connectivity index (χ2v) is 6.71. The summed E-state index contributed by atoms with van der Waals surface area (Å²) in [5, 5.41) is 3.33. The Morgan fingerprint density at radius 1 is 1.39 bits per heavy atom. The fourth-order valence-corrected chi connectivity index (χ4v) is 2.77. The summed E-state index contributed by atoms with van der Waals surface area (Å²) in [4.78, 5) is 0.355. The van der Waals surface area contributed by atoms with Gasteiger partial charge in [0.25, 0.3) is 0 Å². The maximum Gasteiger partial charge on any atom is 0.175 e. The fourth-order valence-electron chi connectivity index (χ4n) is 2.11. The quantitative estimate of drug-likeness (QED) is 0.889. The van der Waals surface area contributed by atoms with Gasteiger partial charge in [-0.05, 0) is 38.0 Å². The topological polar surface area (TPSA) is 55.4 Å². The minimum Gasteiger partial charge on any atom is -0.382 e. The van der Waals surface area contributed by atoms with E-state index in [9.17, 15) is 8.42 Å². The number of hydrogen-bond acceptors (Lipinski definition) is 4. The van der Waals surface area contributed by atoms with E-state index < -0.39 is 9.84 Å². The van der Waals surface area contributed by atoms with Gasteiger partial charge in [0.2, 0.25) is 0 Å². The molecule has 1 aromatic carbocycles. The van der Waals surface area contributed by atoms with E-state index in [-0.39, 0.29) is 0 Å². The van der Waals surface area contributed by atoms with Gasteiger partial charge in [0.15, 0.2) is 9.84 Å². The van der Waals surface area contributed by atoms with Crippen molar-refractivity contribution in [1.29, 1.82) is 0 Å². The minimum absolute atomic E-state index is 0.352. The zero-order chi connectivity index (χ0) is 13.2. The van der Waals surface area contributed by atoms with Crippen LogP contribution in [0.15, 0.2) is 29.2 Å². The van der Waals surface area contributed by atoms with Crippen LogP contribution in [-0.4, -0.2) is 33.4 Å². The van der Waals surface area contributed by atoms with Crippen molar-refractivity contribution in [3.63, 3.8) is 0 Å². The molecule has 0 amide bonds. The van der Waals surface area contributed by atoms with Gasteiger partial charge in [0.1, 0.15) is 0 Å². The van der Waals surface area contributed by atoms with Gasteiger partial charge in [0.05, 0.1) is 11.0 Å². The van der Waals surface area contributed by atoms with Crippen molar-refractivity contribution in [2.75, 3.05) is 18.2 Å². The molecule has 0 atom stereocenters. The van der Waals surface area contributed by atoms with Gasteiger partial charge in [-0.1, -0.05) is 6.07 Å². The van der Waals surface area contributed by atoms with Crippen LogP contribution in [0, 0.1) is 0 Å². The monoisotopic (exact) mass is 269 g/mol. The van der Waals surface area contributed by atoms with E-state index in [0.717, 1.165) is 25.1 Å². The van der Waals surface area contributed by atoms with Crippen LogP contribution in [0.25, 0.3) is 0 Å². The lowest BCUT2D eigenvalue weighted by atomic mass is 9.89. The van der Waals surface area contributed by atoms with E-state index in [2.05, 4.69) is 5.32 Å². The lowest BCUT2D eigenvalue weighted by molar-refractivity contribution is 0.00299. The molecule has 2 rings (SSSR count). The first kappa shape index (κ1) is 13.4. The molecular formula is C13H19NO3S. The van der Waals surface area contributed by atoms with Crippen LogP contribution in [0.5, 0.6) is 0 Å². The lowest BCUT2D eigenvalue weighted by Gasteiger charge is -2.36. The minimum atomic E-state index is -3.13. The summed E-state index contributed by atoms with van der Waals surface area (Å²) in [7, 11) is -3.13. The Morgan fingerprint density at radius 3 is 2.72 bits per heavy atom. The smallest absolute Gasteiger partial charge is 0.175 e. The molecule has 0 spiro atoms. The molecular weight excluding hydrogens is 250 g/mol. The van der Waals surface area contributed by atoms with Crippen molar-refractivity contribution >= 4 is 15.5 Å². The van der Waals surface area contributed by atoms with Gasteiger partial charge in [-0.25, -0.2) is 8.42 Å². The first-order valence-electron chi connectivity index (χ1n) is 6.17. The Kier molecular flexibility index (Phi) is 3.92. The van der Waals surface area contributed by atoms with Crippen molar-refractivity contribution in [2.24, 2.45) is 0 Å². The number of sulfone groups is 1. The third kappa shape index (κ3) is 3.23. The molecule has 0 aliphatic heterocycles. The largest absolute Gasteiger partial charge is 0.382 e. The number of rotatable bonds is 5. The highest BCUT2D eigenvalue weighted by atomic mass is 32.2. The third-order valence-corrected chi connectivity index (χ3v) is 4.24. The predicted molar refractivity (Wildman–Crippen MR) is 71.6 cm³/mol. The molecule has 1 aliphatic rings. The average Bonchev–Trinajstić information content (AvgIpc) is 2.26. The second-order valence-electron chi connectivity index (χ2n) is 4.69. The van der Waals surface area contributed by atoms with Crippen LogP contribution >= 0.6 is 0 Å². The van der Waals surface area contributed by atoms with E-state index in [0.29, 0.717) is 17.0 Å². The van der Waals surface area contributed by atoms with Gasteiger partial charge in [-0.15, -0.1) is 0 Å². The Morgan fingerprint density at radius 2 is 2.11 bits per heavy atom. The molecule has 0 radical (unpaired) electrons. The molecule has 5 heteroatoms. The highest BCUT2D eigenvalue weighted by Crippen LogP contribution is 2.27. The summed E-state index contributed by atoms with van der Waals surface area (Å²) in [6.07, 6.45) is 3.54. The van der Waals surface area contributed by atoms with Crippen LogP contribution in [0.4, 0.5) is 5.69 Å². The molecule has 100 valence electrons. The van der Waals surface area contributed by atoms with Gasteiger partial charge in [-0.2, -0.15) is 0 Å². The summed E-state index contributed by atoms with van der Waals surface area (Å²) in [5.74, 6) is 0. The lowest BCUT2D eigenvalue weighted by Crippen LogP contribution is -2.40. The molecule has 1 aromatic rings. The van der Waals surface area contributed by atoms with Crippen molar-refractivity contribution in [2.45, 2.75) is 36.8 Å². The molecule has 0 aromatic heterocycles. The van der Waals surface area contributed by atoms with Crippen LogP contribution in [0.3, 0.4) is 0 Å². The summed E-state index contributed by atoms with van der Waals surface area (Å²) in [5.41, 5.74) is 0.859. The average molecular weight is 269 g/mol. The van der Waals surface area contributed by atoms with Crippen molar-refractivity contribution < 1.29 is 13.2 Å². The van der Waals surface area contributed by atoms with Crippen molar-refractivity contribution in [1.82, 2.24) is 0 Å². The molecule has 0 unspecified atom stereocenters. The normalized spacial score (nSPS) is 23.4. The third-order valence-electron chi connectivity index (χ3n) is 3.13. The molecule has 0 heterocycles. The Bertz CT molecular complexity index is 507. The molecule has 4 nitrogen and oxygen atoms in total. The maximum absolute atomic E-state index is 11.4. The first-order chi connectivity index (χ1) is 8.49. The van der Waals surface area contributed by atoms with E-state index in [4.69, 9.17) is 4.74 Å².